The van der Waals surface area contributed by atoms with Crippen LogP contribution in [0.15, 0.2) is 18.2 Å². The molecule has 1 unspecified atom stereocenters. The molecule has 1 aromatic rings. The molecule has 1 atom stereocenters. The van der Waals surface area contributed by atoms with E-state index in [2.05, 4.69) is 30.0 Å². The van der Waals surface area contributed by atoms with Crippen LogP contribution in [-0.4, -0.2) is 12.6 Å². The number of hydrogen-bond donors (Lipinski definition) is 1. The number of nitrogen functional groups attached to an aromatic ring is 1. The van der Waals surface area contributed by atoms with Crippen LogP contribution >= 0.6 is 0 Å². The number of nitrogens with zero attached hydrogens (tertiary/aromatic N) is 2. The highest BCUT2D eigenvalue weighted by atomic mass is 15.2. The molecular weight excluding hydrogens is 210 g/mol. The van der Waals surface area contributed by atoms with Gasteiger partial charge in [-0.2, -0.15) is 5.26 Å². The first-order valence-electron chi connectivity index (χ1n) is 6.24. The normalized spacial score (nSPS) is 20.0. The Balaban J connectivity index is 2.26. The molecule has 3 nitrogen and oxygen atoms in total. The molecule has 0 aromatic heterocycles. The highest BCUT2D eigenvalue weighted by Crippen LogP contribution is 2.27. The first-order chi connectivity index (χ1) is 8.22. The fraction of sp³-hybridized carbons (Fsp3) is 0.500. The monoisotopic (exact) mass is 229 g/mol. The van der Waals surface area contributed by atoms with Crippen molar-refractivity contribution in [3.05, 3.63) is 23.8 Å². The molecule has 1 aromatic carbocycles. The number of nitrogens with two attached hydrogens (primary N) is 1. The molecular formula is C14H19N3. The Labute approximate surface area is 103 Å². The summed E-state index contributed by atoms with van der Waals surface area (Å²) in [7, 11) is 0. The van der Waals surface area contributed by atoms with Crippen molar-refractivity contribution in [3.63, 3.8) is 0 Å². The van der Waals surface area contributed by atoms with E-state index in [4.69, 9.17) is 11.0 Å². The van der Waals surface area contributed by atoms with Crippen LogP contribution in [0.5, 0.6) is 0 Å². The van der Waals surface area contributed by atoms with E-state index in [1.165, 1.54) is 24.9 Å². The molecule has 1 saturated heterocycles. The Hall–Kier alpha value is -1.69. The van der Waals surface area contributed by atoms with Gasteiger partial charge in [0.1, 0.15) is 0 Å². The summed E-state index contributed by atoms with van der Waals surface area (Å²) in [5.41, 5.74) is 8.74. The van der Waals surface area contributed by atoms with E-state index in [-0.39, 0.29) is 0 Å². The zero-order valence-electron chi connectivity index (χ0n) is 10.3. The first-order valence-corrected chi connectivity index (χ1v) is 6.24. The predicted octanol–water partition coefficient (Wildman–Crippen LogP) is 2.71. The molecule has 2 N–H and O–H groups in total. The fourth-order valence-electron chi connectivity index (χ4n) is 2.49. The van der Waals surface area contributed by atoms with Gasteiger partial charge in [-0.25, -0.2) is 0 Å². The maximum absolute atomic E-state index is 8.78. The van der Waals surface area contributed by atoms with Crippen LogP contribution in [0.4, 0.5) is 11.4 Å². The summed E-state index contributed by atoms with van der Waals surface area (Å²) in [4.78, 5) is 2.42. The van der Waals surface area contributed by atoms with Gasteiger partial charge in [0, 0.05) is 24.0 Å². The first kappa shape index (κ1) is 11.8. The zero-order chi connectivity index (χ0) is 12.3. The van der Waals surface area contributed by atoms with E-state index in [1.54, 1.807) is 0 Å². The molecule has 0 spiro atoms. The number of piperidine rings is 1. The molecule has 0 amide bonds. The maximum atomic E-state index is 8.78. The topological polar surface area (TPSA) is 53.0 Å². The zero-order valence-corrected chi connectivity index (χ0v) is 10.3. The Morgan fingerprint density at radius 2 is 2.29 bits per heavy atom. The number of rotatable bonds is 2. The highest BCUT2D eigenvalue weighted by Gasteiger charge is 2.18. The van der Waals surface area contributed by atoms with Gasteiger partial charge in [-0.05, 0) is 49.9 Å². The van der Waals surface area contributed by atoms with Gasteiger partial charge in [0.25, 0.3) is 0 Å². The second-order valence-corrected chi connectivity index (χ2v) is 4.76. The van der Waals surface area contributed by atoms with Crippen LogP contribution in [-0.2, 0) is 6.42 Å². The van der Waals surface area contributed by atoms with E-state index in [9.17, 15) is 0 Å². The van der Waals surface area contributed by atoms with E-state index in [0.29, 0.717) is 12.5 Å². The van der Waals surface area contributed by atoms with Crippen molar-refractivity contribution in [2.75, 3.05) is 17.2 Å². The predicted molar refractivity (Wildman–Crippen MR) is 70.8 cm³/mol. The minimum absolute atomic E-state index is 0.391. The van der Waals surface area contributed by atoms with Crippen molar-refractivity contribution >= 4 is 11.4 Å². The molecule has 2 rings (SSSR count). The van der Waals surface area contributed by atoms with Crippen molar-refractivity contribution in [1.29, 1.82) is 5.26 Å². The van der Waals surface area contributed by atoms with Crippen LogP contribution in [0.3, 0.4) is 0 Å². The molecule has 3 heteroatoms. The fourth-order valence-corrected chi connectivity index (χ4v) is 2.49. The Morgan fingerprint density at radius 3 is 3.00 bits per heavy atom. The van der Waals surface area contributed by atoms with Crippen LogP contribution in [0, 0.1) is 11.3 Å². The molecule has 0 bridgehead atoms. The minimum atomic E-state index is 0.391. The average Bonchev–Trinajstić information content (AvgIpc) is 2.33. The van der Waals surface area contributed by atoms with Gasteiger partial charge in [-0.3, -0.25) is 0 Å². The number of benzene rings is 1. The largest absolute Gasteiger partial charge is 0.398 e. The third kappa shape index (κ3) is 2.52. The van der Waals surface area contributed by atoms with Gasteiger partial charge in [0.15, 0.2) is 0 Å². The van der Waals surface area contributed by atoms with Gasteiger partial charge in [0.05, 0.1) is 12.5 Å². The lowest BCUT2D eigenvalue weighted by atomic mass is 10.0. The van der Waals surface area contributed by atoms with Gasteiger partial charge < -0.3 is 10.6 Å². The van der Waals surface area contributed by atoms with Crippen LogP contribution < -0.4 is 10.6 Å². The van der Waals surface area contributed by atoms with Crippen molar-refractivity contribution < 1.29 is 0 Å². The number of anilines is 2. The summed E-state index contributed by atoms with van der Waals surface area (Å²) >= 11 is 0. The summed E-state index contributed by atoms with van der Waals surface area (Å²) in [5, 5.41) is 8.78. The molecule has 0 radical (unpaired) electrons. The lowest BCUT2D eigenvalue weighted by Crippen LogP contribution is -2.37. The standard InChI is InChI=1S/C14H19N3/c1-11-4-2-3-9-17(11)13-5-6-14(16)12(10-13)7-8-15/h5-6,10-11H,2-4,7,9,16H2,1H3. The van der Waals surface area contributed by atoms with Gasteiger partial charge >= 0.3 is 0 Å². The Morgan fingerprint density at radius 1 is 1.47 bits per heavy atom. The van der Waals surface area contributed by atoms with Crippen molar-refractivity contribution in [3.8, 4) is 6.07 Å². The minimum Gasteiger partial charge on any atom is -0.398 e. The summed E-state index contributed by atoms with van der Waals surface area (Å²) in [6.07, 6.45) is 4.21. The second-order valence-electron chi connectivity index (χ2n) is 4.76. The van der Waals surface area contributed by atoms with E-state index in [0.717, 1.165) is 17.8 Å². The molecule has 0 aliphatic carbocycles. The Kier molecular flexibility index (Phi) is 3.53. The molecule has 1 aliphatic heterocycles. The summed E-state index contributed by atoms with van der Waals surface area (Å²) < 4.78 is 0. The van der Waals surface area contributed by atoms with Gasteiger partial charge in [-0.15, -0.1) is 0 Å². The molecule has 90 valence electrons. The van der Waals surface area contributed by atoms with Gasteiger partial charge in [-0.1, -0.05) is 0 Å². The molecule has 1 heterocycles. The quantitative estimate of drug-likeness (QED) is 0.793. The van der Waals surface area contributed by atoms with Crippen molar-refractivity contribution in [1.82, 2.24) is 0 Å². The SMILES string of the molecule is CC1CCCCN1c1ccc(N)c(CC#N)c1. The van der Waals surface area contributed by atoms with E-state index < -0.39 is 0 Å². The molecule has 1 aliphatic rings. The summed E-state index contributed by atoms with van der Waals surface area (Å²) in [5.74, 6) is 0. The lowest BCUT2D eigenvalue weighted by Gasteiger charge is -2.35. The van der Waals surface area contributed by atoms with Crippen molar-refractivity contribution in [2.24, 2.45) is 0 Å². The Bertz CT molecular complexity index is 434. The molecule has 0 saturated carbocycles. The summed E-state index contributed by atoms with van der Waals surface area (Å²) in [6, 6.07) is 8.81. The number of hydrogen-bond acceptors (Lipinski definition) is 3. The average molecular weight is 229 g/mol. The van der Waals surface area contributed by atoms with E-state index >= 15 is 0 Å². The van der Waals surface area contributed by atoms with Crippen LogP contribution in [0.1, 0.15) is 31.7 Å². The second kappa shape index (κ2) is 5.09. The van der Waals surface area contributed by atoms with E-state index in [1.807, 2.05) is 6.07 Å². The summed E-state index contributed by atoms with van der Waals surface area (Å²) in [6.45, 7) is 3.37. The van der Waals surface area contributed by atoms with Gasteiger partial charge in [0.2, 0.25) is 0 Å². The highest BCUT2D eigenvalue weighted by molar-refractivity contribution is 5.59. The number of nitriles is 1. The third-order valence-corrected chi connectivity index (χ3v) is 3.53. The van der Waals surface area contributed by atoms with Crippen LogP contribution in [0.25, 0.3) is 0 Å². The molecule has 17 heavy (non-hydrogen) atoms. The smallest absolute Gasteiger partial charge is 0.0670 e. The van der Waals surface area contributed by atoms with Crippen LogP contribution in [0.2, 0.25) is 0 Å². The van der Waals surface area contributed by atoms with Crippen molar-refractivity contribution in [2.45, 2.75) is 38.6 Å². The lowest BCUT2D eigenvalue weighted by molar-refractivity contribution is 0.485. The molecule has 1 fully saturated rings. The maximum Gasteiger partial charge on any atom is 0.0670 e. The third-order valence-electron chi connectivity index (χ3n) is 3.53.